The summed E-state index contributed by atoms with van der Waals surface area (Å²) in [5.41, 5.74) is 6.15. The average molecular weight is 1070 g/mol. The first-order chi connectivity index (χ1) is 38.6. The van der Waals surface area contributed by atoms with Gasteiger partial charge in [0.15, 0.2) is 0 Å². The molecule has 0 unspecified atom stereocenters. The maximum absolute atomic E-state index is 15.7. The van der Waals surface area contributed by atoms with Crippen molar-refractivity contribution in [3.05, 3.63) is 167 Å². The maximum atomic E-state index is 15.7. The maximum Gasteiger partial charge on any atom is 0.246 e. The fourth-order valence-electron chi connectivity index (χ4n) is 10.8. The number of fused-ring (bicyclic) bond motifs is 2. The van der Waals surface area contributed by atoms with E-state index in [2.05, 4.69) is 36.5 Å². The second-order valence-electron chi connectivity index (χ2n) is 20.4. The van der Waals surface area contributed by atoms with Gasteiger partial charge >= 0.3 is 0 Å². The summed E-state index contributed by atoms with van der Waals surface area (Å²) in [5.74, 6) is -1.21. The van der Waals surface area contributed by atoms with Gasteiger partial charge in [0.05, 0.1) is 32.4 Å². The van der Waals surface area contributed by atoms with Gasteiger partial charge in [-0.05, 0) is 84.0 Å². The molecule has 18 nitrogen and oxygen atoms in total. The van der Waals surface area contributed by atoms with E-state index in [1.807, 2.05) is 134 Å². The van der Waals surface area contributed by atoms with Crippen molar-refractivity contribution in [1.29, 1.82) is 0 Å². The molecular weight excluding hydrogens is 1000 g/mol. The number of methoxy groups -OCH3 is 1. The highest BCUT2D eigenvalue weighted by atomic mass is 16.5. The Morgan fingerprint density at radius 2 is 1.42 bits per heavy atom. The minimum Gasteiger partial charge on any atom is -0.496 e. The standard InChI is InChI=1S/C61H71N9O9/c1-62-50(33-46-35-64-49-18-11-19-55(77-2)56(46)49)57(72)67-52(37-68-28-26-63-27-29-68)58(73)66-51(32-42-21-24-48(25-22-42)79-39-43-14-7-4-8-15-43)60(75)70-36-45-17-10-9-16-44(45)34-53(70)61(76)69-30-31-78-40-54(69)59(74)65-47(38-71)23-20-41-12-5-3-6-13-41/h3-19,21-22,24-25,35,38,47,50-54,62-64H,20,23,26-34,36-37,39-40H2,1-2H3,(H,65,74)(H,66,73)(H,67,72)/t47-,50-,51+,52+,53+,54+/m1/s1. The number of ether oxygens (including phenoxy) is 3. The van der Waals surface area contributed by atoms with Crippen LogP contribution in [-0.4, -0.2) is 158 Å². The van der Waals surface area contributed by atoms with Crippen LogP contribution in [0.1, 0.15) is 39.8 Å². The lowest BCUT2D eigenvalue weighted by Gasteiger charge is -2.43. The highest BCUT2D eigenvalue weighted by Crippen LogP contribution is 2.30. The largest absolute Gasteiger partial charge is 0.496 e. The minimum atomic E-state index is -1.23. The van der Waals surface area contributed by atoms with Gasteiger partial charge in [-0.15, -0.1) is 0 Å². The summed E-state index contributed by atoms with van der Waals surface area (Å²) in [6.45, 7) is 3.34. The molecule has 9 rings (SSSR count). The number of benzene rings is 5. The first kappa shape index (κ1) is 55.8. The van der Waals surface area contributed by atoms with Crippen LogP contribution in [0.3, 0.4) is 0 Å². The molecule has 1 aromatic heterocycles. The Morgan fingerprint density at radius 3 is 2.14 bits per heavy atom. The van der Waals surface area contributed by atoms with Crippen LogP contribution in [0.25, 0.3) is 10.9 Å². The Kier molecular flexibility index (Phi) is 19.2. The summed E-state index contributed by atoms with van der Waals surface area (Å²) in [5, 5.41) is 16.4. The van der Waals surface area contributed by atoms with Gasteiger partial charge < -0.3 is 60.4 Å². The van der Waals surface area contributed by atoms with E-state index in [0.717, 1.165) is 38.7 Å². The van der Waals surface area contributed by atoms with Gasteiger partial charge in [0.25, 0.3) is 0 Å². The van der Waals surface area contributed by atoms with Crippen LogP contribution in [0.5, 0.6) is 11.5 Å². The van der Waals surface area contributed by atoms with Crippen molar-refractivity contribution in [2.75, 3.05) is 66.6 Å². The Morgan fingerprint density at radius 1 is 0.722 bits per heavy atom. The van der Waals surface area contributed by atoms with Gasteiger partial charge in [-0.3, -0.25) is 28.9 Å². The van der Waals surface area contributed by atoms with E-state index < -0.39 is 65.8 Å². The number of aryl methyl sites for hydroxylation is 1. The number of nitrogens with zero attached hydrogens (tertiary/aromatic N) is 3. The molecule has 6 atom stereocenters. The van der Waals surface area contributed by atoms with E-state index in [1.54, 1.807) is 14.2 Å². The fourth-order valence-corrected chi connectivity index (χ4v) is 10.8. The normalized spacial score (nSPS) is 18.1. The van der Waals surface area contributed by atoms with Crippen molar-refractivity contribution >= 4 is 46.7 Å². The lowest BCUT2D eigenvalue weighted by molar-refractivity contribution is -0.157. The summed E-state index contributed by atoms with van der Waals surface area (Å²) >= 11 is 0. The fraction of sp³-hybridized carbons (Fsp3) is 0.377. The molecule has 6 N–H and O–H groups in total. The molecule has 2 saturated heterocycles. The van der Waals surface area contributed by atoms with E-state index in [-0.39, 0.29) is 52.1 Å². The SMILES string of the molecule is CN[C@H](Cc1c[nH]c2cccc(OC)c12)C(=O)N[C@@H](CN1CCNCC1)C(=O)N[C@@H](Cc1ccc(OCc2ccccc2)cc1)C(=O)N1Cc2ccccc2C[C@H]1C(=O)N1CCOC[C@H]1C(=O)N[C@@H](C=O)CCc1ccccc1. The third kappa shape index (κ3) is 14.2. The number of amides is 5. The first-order valence-electron chi connectivity index (χ1n) is 27.2. The van der Waals surface area contributed by atoms with Gasteiger partial charge in [-0.25, -0.2) is 0 Å². The summed E-state index contributed by atoms with van der Waals surface area (Å²) in [6, 6.07) is 34.0. The van der Waals surface area contributed by atoms with Crippen LogP contribution >= 0.6 is 0 Å². The number of aromatic nitrogens is 1. The monoisotopic (exact) mass is 1070 g/mol. The number of carbonyl (C=O) groups is 6. The molecule has 3 aliphatic rings. The number of aromatic amines is 1. The van der Waals surface area contributed by atoms with Gasteiger partial charge in [-0.1, -0.05) is 103 Å². The summed E-state index contributed by atoms with van der Waals surface area (Å²) in [6.07, 6.45) is 3.92. The lowest BCUT2D eigenvalue weighted by atomic mass is 9.91. The molecule has 0 bridgehead atoms. The number of hydrogen-bond acceptors (Lipinski definition) is 12. The van der Waals surface area contributed by atoms with E-state index in [9.17, 15) is 14.4 Å². The van der Waals surface area contributed by atoms with Crippen molar-refractivity contribution in [3.8, 4) is 11.5 Å². The molecule has 5 amide bonds. The minimum absolute atomic E-state index is 0.0249. The van der Waals surface area contributed by atoms with Crippen molar-refractivity contribution in [2.24, 2.45) is 0 Å². The summed E-state index contributed by atoms with van der Waals surface area (Å²) in [4.78, 5) is 95.5. The molecule has 5 aromatic carbocycles. The van der Waals surface area contributed by atoms with Crippen LogP contribution in [0.4, 0.5) is 0 Å². The zero-order valence-electron chi connectivity index (χ0n) is 44.9. The molecule has 4 heterocycles. The molecular formula is C61H71N9O9. The predicted octanol–water partition coefficient (Wildman–Crippen LogP) is 3.50. The van der Waals surface area contributed by atoms with Crippen molar-refractivity contribution < 1.29 is 43.0 Å². The van der Waals surface area contributed by atoms with E-state index >= 15 is 14.4 Å². The second kappa shape index (κ2) is 27.1. The predicted molar refractivity (Wildman–Crippen MR) is 299 cm³/mol. The Balaban J connectivity index is 0.995. The zero-order valence-corrected chi connectivity index (χ0v) is 44.9. The van der Waals surface area contributed by atoms with Crippen LogP contribution in [0.15, 0.2) is 134 Å². The molecule has 0 saturated carbocycles. The number of rotatable bonds is 23. The zero-order chi connectivity index (χ0) is 55.1. The van der Waals surface area contributed by atoms with Crippen LogP contribution < -0.4 is 36.1 Å². The van der Waals surface area contributed by atoms with Gasteiger partial charge in [-0.2, -0.15) is 0 Å². The van der Waals surface area contributed by atoms with Gasteiger partial charge in [0.1, 0.15) is 48.6 Å². The van der Waals surface area contributed by atoms with Crippen LogP contribution in [-0.2, 0) is 72.3 Å². The average Bonchev–Trinajstić information content (AvgIpc) is 3.92. The molecule has 0 aliphatic carbocycles. The van der Waals surface area contributed by atoms with E-state index in [1.165, 1.54) is 9.80 Å². The molecule has 79 heavy (non-hydrogen) atoms. The van der Waals surface area contributed by atoms with E-state index in [0.29, 0.717) is 69.0 Å². The van der Waals surface area contributed by atoms with Crippen LogP contribution in [0.2, 0.25) is 0 Å². The Labute approximate surface area is 460 Å². The molecule has 18 heteroatoms. The van der Waals surface area contributed by atoms with Crippen molar-refractivity contribution in [3.63, 3.8) is 0 Å². The number of morpholine rings is 1. The molecule has 0 spiro atoms. The second-order valence-corrected chi connectivity index (χ2v) is 20.4. The number of likely N-dealkylation sites (N-methyl/N-ethyl adjacent to an activating group) is 1. The van der Waals surface area contributed by atoms with Gasteiger partial charge in [0.2, 0.25) is 29.5 Å². The molecule has 6 aromatic rings. The third-order valence-electron chi connectivity index (χ3n) is 15.2. The summed E-state index contributed by atoms with van der Waals surface area (Å²) in [7, 11) is 3.30. The van der Waals surface area contributed by atoms with E-state index in [4.69, 9.17) is 14.2 Å². The van der Waals surface area contributed by atoms with Gasteiger partial charge in [0, 0.05) is 75.8 Å². The highest BCUT2D eigenvalue weighted by molar-refractivity contribution is 5.97. The first-order valence-corrected chi connectivity index (χ1v) is 27.2. The molecule has 414 valence electrons. The highest BCUT2D eigenvalue weighted by Gasteiger charge is 2.44. The number of carbonyl (C=O) groups excluding carboxylic acids is 6. The van der Waals surface area contributed by atoms with Crippen LogP contribution in [0, 0.1) is 0 Å². The molecule has 2 fully saturated rings. The number of aldehydes is 1. The number of nitrogens with one attached hydrogen (secondary N) is 6. The topological polar surface area (TPSA) is 216 Å². The Bertz CT molecular complexity index is 3020. The third-order valence-corrected chi connectivity index (χ3v) is 15.2. The quantitative estimate of drug-likeness (QED) is 0.0509. The molecule has 0 radical (unpaired) electrons. The van der Waals surface area contributed by atoms with Crippen molar-refractivity contribution in [1.82, 2.24) is 46.3 Å². The van der Waals surface area contributed by atoms with Crippen molar-refractivity contribution in [2.45, 2.75) is 81.5 Å². The molecule has 3 aliphatic heterocycles. The smallest absolute Gasteiger partial charge is 0.246 e. The summed E-state index contributed by atoms with van der Waals surface area (Å²) < 4.78 is 17.6. The Hall–Kier alpha value is -7.90. The number of hydrogen-bond donors (Lipinski definition) is 6. The lowest BCUT2D eigenvalue weighted by Crippen LogP contribution is -2.64. The number of piperazine rings is 1. The number of H-pyrrole nitrogens is 1.